The van der Waals surface area contributed by atoms with E-state index >= 15 is 0 Å². The lowest BCUT2D eigenvalue weighted by Gasteiger charge is -2.19. The number of anilines is 1. The van der Waals surface area contributed by atoms with Gasteiger partial charge in [-0.05, 0) is 70.3 Å². The molecule has 0 saturated carbocycles. The Hall–Kier alpha value is -4.58. The highest BCUT2D eigenvalue weighted by atomic mass is 16.5. The van der Waals surface area contributed by atoms with Crippen LogP contribution in [0.1, 0.15) is 36.7 Å². The Bertz CT molecular complexity index is 1640. The molecule has 0 aliphatic heterocycles. The van der Waals surface area contributed by atoms with E-state index in [1.54, 1.807) is 20.4 Å². The van der Waals surface area contributed by atoms with Crippen molar-refractivity contribution in [3.63, 3.8) is 0 Å². The number of ether oxygens (including phenoxy) is 3. The van der Waals surface area contributed by atoms with E-state index in [0.717, 1.165) is 21.7 Å². The fraction of sp³-hybridized carbons (Fsp3) is 0.188. The molecule has 38 heavy (non-hydrogen) atoms. The van der Waals surface area contributed by atoms with Gasteiger partial charge in [-0.3, -0.25) is 9.78 Å². The van der Waals surface area contributed by atoms with Crippen LogP contribution in [0.15, 0.2) is 85.1 Å². The maximum absolute atomic E-state index is 12.9. The number of aromatic nitrogens is 1. The first-order chi connectivity index (χ1) is 18.2. The molecule has 6 heteroatoms. The number of amides is 1. The standard InChI is InChI=1S/C32H30N2O4/c1-32(2,3)23-10-6-21(7-11-23)31(35)34-24-12-8-20-9-13-25(17-22(20)16-24)38-28-14-15-33-27-19-30(37-5)29(36-4)18-26(27)28/h6-19H,1-5H3,(H,34,35). The third-order valence-electron chi connectivity index (χ3n) is 6.52. The van der Waals surface area contributed by atoms with Crippen LogP contribution in [0, 0.1) is 0 Å². The number of benzene rings is 4. The van der Waals surface area contributed by atoms with Gasteiger partial charge in [0, 0.05) is 28.9 Å². The van der Waals surface area contributed by atoms with Crippen LogP contribution in [0.2, 0.25) is 0 Å². The van der Waals surface area contributed by atoms with E-state index in [1.165, 1.54) is 5.56 Å². The molecule has 0 unspecified atom stereocenters. The van der Waals surface area contributed by atoms with Crippen molar-refractivity contribution in [2.24, 2.45) is 0 Å². The van der Waals surface area contributed by atoms with Gasteiger partial charge >= 0.3 is 0 Å². The number of nitrogens with zero attached hydrogens (tertiary/aromatic N) is 1. The summed E-state index contributed by atoms with van der Waals surface area (Å²) in [6.07, 6.45) is 1.70. The van der Waals surface area contributed by atoms with Gasteiger partial charge in [0.25, 0.3) is 5.91 Å². The number of methoxy groups -OCH3 is 2. The Morgan fingerprint density at radius 1 is 0.763 bits per heavy atom. The van der Waals surface area contributed by atoms with Gasteiger partial charge in [0.2, 0.25) is 0 Å². The minimum atomic E-state index is -0.148. The lowest BCUT2D eigenvalue weighted by molar-refractivity contribution is 0.102. The summed E-state index contributed by atoms with van der Waals surface area (Å²) >= 11 is 0. The number of nitrogens with one attached hydrogen (secondary N) is 1. The van der Waals surface area contributed by atoms with Gasteiger partial charge in [-0.25, -0.2) is 0 Å². The summed E-state index contributed by atoms with van der Waals surface area (Å²) in [7, 11) is 3.19. The van der Waals surface area contributed by atoms with Gasteiger partial charge in [-0.15, -0.1) is 0 Å². The summed E-state index contributed by atoms with van der Waals surface area (Å²) in [5.41, 5.74) is 3.29. The van der Waals surface area contributed by atoms with E-state index in [4.69, 9.17) is 14.2 Å². The fourth-order valence-electron chi connectivity index (χ4n) is 4.35. The molecular weight excluding hydrogens is 476 g/mol. The monoisotopic (exact) mass is 506 g/mol. The first-order valence-corrected chi connectivity index (χ1v) is 12.4. The molecule has 0 fully saturated rings. The van der Waals surface area contributed by atoms with Crippen LogP contribution in [0.3, 0.4) is 0 Å². The smallest absolute Gasteiger partial charge is 0.255 e. The molecule has 1 aromatic heterocycles. The SMILES string of the molecule is COc1cc2nccc(Oc3ccc4ccc(NC(=O)c5ccc(C(C)(C)C)cc5)cc4c3)c2cc1OC. The minimum absolute atomic E-state index is 0.0363. The zero-order valence-corrected chi connectivity index (χ0v) is 22.2. The molecule has 0 aliphatic rings. The predicted octanol–water partition coefficient (Wildman–Crippen LogP) is 7.75. The quantitative estimate of drug-likeness (QED) is 0.255. The molecule has 0 saturated heterocycles. The Morgan fingerprint density at radius 3 is 2.18 bits per heavy atom. The molecule has 1 N–H and O–H groups in total. The Balaban J connectivity index is 1.40. The van der Waals surface area contributed by atoms with Crippen LogP contribution in [0.5, 0.6) is 23.0 Å². The third-order valence-corrected chi connectivity index (χ3v) is 6.52. The molecular formula is C32H30N2O4. The first kappa shape index (κ1) is 25.1. The van der Waals surface area contributed by atoms with Crippen molar-refractivity contribution in [2.45, 2.75) is 26.2 Å². The van der Waals surface area contributed by atoms with Crippen molar-refractivity contribution < 1.29 is 19.0 Å². The van der Waals surface area contributed by atoms with E-state index in [2.05, 4.69) is 31.1 Å². The van der Waals surface area contributed by atoms with Crippen LogP contribution >= 0.6 is 0 Å². The maximum Gasteiger partial charge on any atom is 0.255 e. The molecule has 192 valence electrons. The summed E-state index contributed by atoms with van der Waals surface area (Å²) < 4.78 is 17.1. The number of rotatable bonds is 6. The molecule has 6 nitrogen and oxygen atoms in total. The maximum atomic E-state index is 12.9. The Morgan fingerprint density at radius 2 is 1.47 bits per heavy atom. The molecule has 0 aliphatic carbocycles. The largest absolute Gasteiger partial charge is 0.493 e. The summed E-state index contributed by atoms with van der Waals surface area (Å²) in [4.78, 5) is 17.3. The molecule has 5 aromatic rings. The second-order valence-electron chi connectivity index (χ2n) is 10.1. The van der Waals surface area contributed by atoms with Crippen molar-refractivity contribution in [3.05, 3.63) is 96.2 Å². The molecule has 0 bridgehead atoms. The zero-order chi connectivity index (χ0) is 26.9. The van der Waals surface area contributed by atoms with E-state index in [0.29, 0.717) is 34.2 Å². The van der Waals surface area contributed by atoms with Gasteiger partial charge < -0.3 is 19.5 Å². The van der Waals surface area contributed by atoms with Crippen LogP contribution in [0.25, 0.3) is 21.7 Å². The average Bonchev–Trinajstić information content (AvgIpc) is 2.92. The summed E-state index contributed by atoms with van der Waals surface area (Å²) in [5, 5.41) is 5.80. The van der Waals surface area contributed by atoms with Gasteiger partial charge in [-0.1, -0.05) is 45.0 Å². The first-order valence-electron chi connectivity index (χ1n) is 12.4. The lowest BCUT2D eigenvalue weighted by atomic mass is 9.87. The van der Waals surface area contributed by atoms with Crippen molar-refractivity contribution in [1.82, 2.24) is 4.98 Å². The van der Waals surface area contributed by atoms with E-state index in [1.807, 2.05) is 78.9 Å². The van der Waals surface area contributed by atoms with Crippen LogP contribution in [0.4, 0.5) is 5.69 Å². The molecule has 1 heterocycles. The summed E-state index contributed by atoms with van der Waals surface area (Å²) in [5.74, 6) is 2.38. The van der Waals surface area contributed by atoms with Gasteiger partial charge in [0.15, 0.2) is 11.5 Å². The topological polar surface area (TPSA) is 69.7 Å². The van der Waals surface area contributed by atoms with Gasteiger partial charge in [-0.2, -0.15) is 0 Å². The number of fused-ring (bicyclic) bond motifs is 2. The van der Waals surface area contributed by atoms with Crippen molar-refractivity contribution in [2.75, 3.05) is 19.5 Å². The molecule has 0 spiro atoms. The normalized spacial score (nSPS) is 11.4. The predicted molar refractivity (Wildman–Crippen MR) is 152 cm³/mol. The second kappa shape index (κ2) is 10.1. The van der Waals surface area contributed by atoms with Gasteiger partial charge in [0.1, 0.15) is 11.5 Å². The molecule has 1 amide bonds. The number of pyridine rings is 1. The molecule has 4 aromatic carbocycles. The van der Waals surface area contributed by atoms with E-state index < -0.39 is 0 Å². The van der Waals surface area contributed by atoms with Crippen LogP contribution in [-0.2, 0) is 5.41 Å². The highest BCUT2D eigenvalue weighted by Crippen LogP contribution is 2.37. The van der Waals surface area contributed by atoms with Crippen molar-refractivity contribution >= 4 is 33.3 Å². The van der Waals surface area contributed by atoms with E-state index in [9.17, 15) is 4.79 Å². The molecule has 0 atom stereocenters. The highest BCUT2D eigenvalue weighted by molar-refractivity contribution is 6.05. The summed E-state index contributed by atoms with van der Waals surface area (Å²) in [6, 6.07) is 25.0. The van der Waals surface area contributed by atoms with Crippen LogP contribution in [-0.4, -0.2) is 25.1 Å². The Labute approximate surface area is 222 Å². The zero-order valence-electron chi connectivity index (χ0n) is 22.2. The number of carbonyl (C=O) groups excluding carboxylic acids is 1. The fourth-order valence-corrected chi connectivity index (χ4v) is 4.35. The Kier molecular flexibility index (Phi) is 6.64. The molecule has 5 rings (SSSR count). The number of carbonyl (C=O) groups is 1. The van der Waals surface area contributed by atoms with E-state index in [-0.39, 0.29) is 11.3 Å². The van der Waals surface area contributed by atoms with Crippen LogP contribution < -0.4 is 19.5 Å². The lowest BCUT2D eigenvalue weighted by Crippen LogP contribution is -2.14. The average molecular weight is 507 g/mol. The number of hydrogen-bond donors (Lipinski definition) is 1. The molecule has 0 radical (unpaired) electrons. The minimum Gasteiger partial charge on any atom is -0.493 e. The van der Waals surface area contributed by atoms with Gasteiger partial charge in [0.05, 0.1) is 19.7 Å². The van der Waals surface area contributed by atoms with Crippen molar-refractivity contribution in [1.29, 1.82) is 0 Å². The van der Waals surface area contributed by atoms with Crippen molar-refractivity contribution in [3.8, 4) is 23.0 Å². The second-order valence-corrected chi connectivity index (χ2v) is 10.1. The summed E-state index contributed by atoms with van der Waals surface area (Å²) in [6.45, 7) is 6.46. The third kappa shape index (κ3) is 5.11. The number of hydrogen-bond acceptors (Lipinski definition) is 5. The highest BCUT2D eigenvalue weighted by Gasteiger charge is 2.15.